The molecule has 2 aromatic carbocycles. The lowest BCUT2D eigenvalue weighted by atomic mass is 10.1. The van der Waals surface area contributed by atoms with Crippen molar-refractivity contribution < 1.29 is 18.7 Å². The topological polar surface area (TPSA) is 90.1 Å². The van der Waals surface area contributed by atoms with Gasteiger partial charge in [0.1, 0.15) is 17.1 Å². The van der Waals surface area contributed by atoms with E-state index in [9.17, 15) is 9.59 Å². The van der Waals surface area contributed by atoms with Gasteiger partial charge in [0.15, 0.2) is 6.10 Å². The van der Waals surface area contributed by atoms with Crippen LogP contribution in [-0.2, 0) is 4.79 Å². The van der Waals surface area contributed by atoms with Crippen molar-refractivity contribution in [2.75, 3.05) is 7.11 Å². The maximum atomic E-state index is 12.4. The molecular formula is C23H24N2O5. The molecule has 30 heavy (non-hydrogen) atoms. The zero-order chi connectivity index (χ0) is 21.8. The largest absolute Gasteiger partial charge is 0.496 e. The van der Waals surface area contributed by atoms with E-state index in [1.165, 1.54) is 6.07 Å². The third kappa shape index (κ3) is 4.68. The van der Waals surface area contributed by atoms with Crippen molar-refractivity contribution >= 4 is 22.6 Å². The van der Waals surface area contributed by atoms with Crippen LogP contribution >= 0.6 is 0 Å². The number of hydrazone groups is 1. The lowest BCUT2D eigenvalue weighted by Crippen LogP contribution is -2.34. The van der Waals surface area contributed by atoms with Gasteiger partial charge in [-0.1, -0.05) is 11.6 Å². The smallest absolute Gasteiger partial charge is 0.336 e. The molecule has 156 valence electrons. The molecule has 0 aliphatic carbocycles. The molecule has 1 atom stereocenters. The lowest BCUT2D eigenvalue weighted by Gasteiger charge is -2.14. The Kier molecular flexibility index (Phi) is 6.20. The molecule has 7 nitrogen and oxygen atoms in total. The standard InChI is InChI=1S/C23H24N2O5/c1-13-6-9-20(28-5)19(10-13)15(3)24-25-23(27)16(4)29-17-7-8-18-14(2)11-22(26)30-21(18)12-17/h6-12,16H,1-5H3,(H,25,27)/b24-15-/t16-/m0/s1. The number of amides is 1. The van der Waals surface area contributed by atoms with Gasteiger partial charge in [-0.15, -0.1) is 0 Å². The average Bonchev–Trinajstić information content (AvgIpc) is 2.71. The number of carbonyl (C=O) groups excluding carboxylic acids is 1. The lowest BCUT2D eigenvalue weighted by molar-refractivity contribution is -0.127. The van der Waals surface area contributed by atoms with Crippen LogP contribution in [0.5, 0.6) is 11.5 Å². The Balaban J connectivity index is 1.72. The molecule has 1 aromatic heterocycles. The molecule has 0 spiro atoms. The van der Waals surface area contributed by atoms with Gasteiger partial charge >= 0.3 is 5.63 Å². The Hall–Kier alpha value is -3.61. The second-order valence-corrected chi connectivity index (χ2v) is 7.04. The van der Waals surface area contributed by atoms with Crippen LogP contribution < -0.4 is 20.5 Å². The molecule has 0 aliphatic heterocycles. The first-order chi connectivity index (χ1) is 14.3. The summed E-state index contributed by atoms with van der Waals surface area (Å²) in [5.41, 5.74) is 5.78. The van der Waals surface area contributed by atoms with E-state index in [2.05, 4.69) is 10.5 Å². The first kappa shape index (κ1) is 21.1. The predicted octanol–water partition coefficient (Wildman–Crippen LogP) is 3.73. The maximum Gasteiger partial charge on any atom is 0.336 e. The van der Waals surface area contributed by atoms with E-state index in [-0.39, 0.29) is 0 Å². The molecule has 0 radical (unpaired) electrons. The van der Waals surface area contributed by atoms with Crippen LogP contribution in [-0.4, -0.2) is 24.8 Å². The summed E-state index contributed by atoms with van der Waals surface area (Å²) >= 11 is 0. The number of rotatable bonds is 6. The summed E-state index contributed by atoms with van der Waals surface area (Å²) in [7, 11) is 1.59. The third-order valence-corrected chi connectivity index (χ3v) is 4.68. The fourth-order valence-electron chi connectivity index (χ4n) is 3.03. The van der Waals surface area contributed by atoms with Crippen molar-refractivity contribution in [1.29, 1.82) is 0 Å². The molecule has 0 bridgehead atoms. The first-order valence-electron chi connectivity index (χ1n) is 9.49. The number of fused-ring (bicyclic) bond motifs is 1. The van der Waals surface area contributed by atoms with Gasteiger partial charge in [-0.3, -0.25) is 4.79 Å². The van der Waals surface area contributed by atoms with Crippen LogP contribution in [0.2, 0.25) is 0 Å². The fourth-order valence-corrected chi connectivity index (χ4v) is 3.03. The molecule has 0 saturated carbocycles. The highest BCUT2D eigenvalue weighted by molar-refractivity contribution is 6.01. The molecule has 0 unspecified atom stereocenters. The van der Waals surface area contributed by atoms with Crippen molar-refractivity contribution in [2.45, 2.75) is 33.8 Å². The van der Waals surface area contributed by atoms with Gasteiger partial charge in [-0.25, -0.2) is 10.2 Å². The van der Waals surface area contributed by atoms with Crippen molar-refractivity contribution in [3.63, 3.8) is 0 Å². The van der Waals surface area contributed by atoms with E-state index in [0.717, 1.165) is 22.1 Å². The molecular weight excluding hydrogens is 384 g/mol. The monoisotopic (exact) mass is 408 g/mol. The third-order valence-electron chi connectivity index (χ3n) is 4.68. The number of carbonyl (C=O) groups is 1. The molecule has 0 saturated heterocycles. The number of hydrogen-bond acceptors (Lipinski definition) is 6. The van der Waals surface area contributed by atoms with Crippen LogP contribution in [0.3, 0.4) is 0 Å². The molecule has 3 aromatic rings. The summed E-state index contributed by atoms with van der Waals surface area (Å²) in [5, 5.41) is 4.99. The van der Waals surface area contributed by atoms with Gasteiger partial charge in [0.2, 0.25) is 0 Å². The highest BCUT2D eigenvalue weighted by Gasteiger charge is 2.16. The summed E-state index contributed by atoms with van der Waals surface area (Å²) in [6.07, 6.45) is -0.810. The number of hydrogen-bond donors (Lipinski definition) is 1. The number of nitrogens with one attached hydrogen (secondary N) is 1. The van der Waals surface area contributed by atoms with Gasteiger partial charge in [0.25, 0.3) is 5.91 Å². The van der Waals surface area contributed by atoms with Gasteiger partial charge < -0.3 is 13.9 Å². The van der Waals surface area contributed by atoms with E-state index in [1.54, 1.807) is 39.2 Å². The maximum absolute atomic E-state index is 12.4. The zero-order valence-corrected chi connectivity index (χ0v) is 17.6. The van der Waals surface area contributed by atoms with E-state index >= 15 is 0 Å². The summed E-state index contributed by atoms with van der Waals surface area (Å²) in [6.45, 7) is 7.21. The summed E-state index contributed by atoms with van der Waals surface area (Å²) in [4.78, 5) is 24.0. The van der Waals surface area contributed by atoms with Crippen LogP contribution in [0.1, 0.15) is 30.5 Å². The minimum atomic E-state index is -0.810. The Morgan fingerprint density at radius 2 is 1.90 bits per heavy atom. The molecule has 0 fully saturated rings. The summed E-state index contributed by atoms with van der Waals surface area (Å²) < 4.78 is 16.3. The number of methoxy groups -OCH3 is 1. The fraction of sp³-hybridized carbons (Fsp3) is 0.261. The Bertz CT molecular complexity index is 1180. The minimum Gasteiger partial charge on any atom is -0.496 e. The number of nitrogens with zero attached hydrogens (tertiary/aromatic N) is 1. The second kappa shape index (κ2) is 8.82. The highest BCUT2D eigenvalue weighted by Crippen LogP contribution is 2.23. The highest BCUT2D eigenvalue weighted by atomic mass is 16.5. The van der Waals surface area contributed by atoms with Crippen molar-refractivity contribution in [2.24, 2.45) is 5.10 Å². The van der Waals surface area contributed by atoms with E-state index in [0.29, 0.717) is 22.8 Å². The number of aryl methyl sites for hydroxylation is 2. The van der Waals surface area contributed by atoms with Gasteiger partial charge in [-0.05, 0) is 57.5 Å². The molecule has 1 N–H and O–H groups in total. The van der Waals surface area contributed by atoms with E-state index < -0.39 is 17.6 Å². The van der Waals surface area contributed by atoms with Gasteiger partial charge in [-0.2, -0.15) is 5.10 Å². The van der Waals surface area contributed by atoms with E-state index in [1.807, 2.05) is 32.0 Å². The predicted molar refractivity (Wildman–Crippen MR) is 115 cm³/mol. The van der Waals surface area contributed by atoms with Crippen molar-refractivity contribution in [3.8, 4) is 11.5 Å². The Morgan fingerprint density at radius 1 is 1.13 bits per heavy atom. The molecule has 1 heterocycles. The first-order valence-corrected chi connectivity index (χ1v) is 9.49. The minimum absolute atomic E-state index is 0.408. The summed E-state index contributed by atoms with van der Waals surface area (Å²) in [5.74, 6) is 0.681. The van der Waals surface area contributed by atoms with E-state index in [4.69, 9.17) is 13.9 Å². The molecule has 7 heteroatoms. The zero-order valence-electron chi connectivity index (χ0n) is 17.6. The number of benzene rings is 2. The van der Waals surface area contributed by atoms with Crippen LogP contribution in [0.15, 0.2) is 56.8 Å². The quantitative estimate of drug-likeness (QED) is 0.381. The van der Waals surface area contributed by atoms with Crippen LogP contribution in [0.25, 0.3) is 11.0 Å². The van der Waals surface area contributed by atoms with Gasteiger partial charge in [0, 0.05) is 23.1 Å². The normalized spacial score (nSPS) is 12.5. The average molecular weight is 408 g/mol. The van der Waals surface area contributed by atoms with Crippen LogP contribution in [0.4, 0.5) is 0 Å². The molecule has 0 aliphatic rings. The van der Waals surface area contributed by atoms with Crippen molar-refractivity contribution in [3.05, 3.63) is 69.6 Å². The summed E-state index contributed by atoms with van der Waals surface area (Å²) in [6, 6.07) is 12.3. The van der Waals surface area contributed by atoms with Gasteiger partial charge in [0.05, 0.1) is 12.8 Å². The molecule has 3 rings (SSSR count). The second-order valence-electron chi connectivity index (χ2n) is 7.04. The van der Waals surface area contributed by atoms with Crippen LogP contribution in [0, 0.1) is 13.8 Å². The molecule has 1 amide bonds. The van der Waals surface area contributed by atoms with Crippen molar-refractivity contribution in [1.82, 2.24) is 5.43 Å². The Morgan fingerprint density at radius 3 is 2.63 bits per heavy atom. The SMILES string of the molecule is COc1ccc(C)cc1/C(C)=N\NC(=O)[C@H](C)Oc1ccc2c(C)cc(=O)oc2c1. The Labute approximate surface area is 174 Å². The number of ether oxygens (including phenoxy) is 2.